The molecule has 0 fully saturated rings. The second-order valence-electron chi connectivity index (χ2n) is 6.08. The van der Waals surface area contributed by atoms with Gasteiger partial charge in [0.1, 0.15) is 0 Å². The molecule has 6 heteroatoms. The van der Waals surface area contributed by atoms with Crippen molar-refractivity contribution < 1.29 is 23.8 Å². The van der Waals surface area contributed by atoms with Gasteiger partial charge in [0.25, 0.3) is 5.91 Å². The minimum absolute atomic E-state index is 0.118. The van der Waals surface area contributed by atoms with E-state index in [1.165, 1.54) is 0 Å². The van der Waals surface area contributed by atoms with Crippen molar-refractivity contribution in [3.05, 3.63) is 59.2 Å². The number of rotatable bonds is 6. The summed E-state index contributed by atoms with van der Waals surface area (Å²) in [5, 5.41) is 2.89. The number of carbonyl (C=O) groups excluding carboxylic acids is 2. The Morgan fingerprint density at radius 3 is 2.58 bits per heavy atom. The number of esters is 1. The van der Waals surface area contributed by atoms with Gasteiger partial charge in [-0.15, -0.1) is 0 Å². The van der Waals surface area contributed by atoms with Gasteiger partial charge in [-0.25, -0.2) is 4.79 Å². The quantitative estimate of drug-likeness (QED) is 0.806. The van der Waals surface area contributed by atoms with Crippen LogP contribution in [0.2, 0.25) is 0 Å². The Balaban J connectivity index is 1.54. The van der Waals surface area contributed by atoms with Crippen molar-refractivity contribution >= 4 is 11.9 Å². The summed E-state index contributed by atoms with van der Waals surface area (Å²) in [6.07, 6.45) is 0.741. The first-order valence-corrected chi connectivity index (χ1v) is 8.49. The maximum absolute atomic E-state index is 12.1. The van der Waals surface area contributed by atoms with Crippen LogP contribution in [0, 0.1) is 6.92 Å². The molecule has 0 spiro atoms. The standard InChI is InChI=1S/C20H21NO5/c1-3-16(14-6-4-13(2)5-7-14)21-19(22)11-24-20(23)15-8-9-17-18(10-15)26-12-25-17/h4-10,16H,3,11-12H2,1-2H3,(H,21,22)/t16-/m1/s1. The molecule has 3 rings (SSSR count). The highest BCUT2D eigenvalue weighted by atomic mass is 16.7. The molecule has 136 valence electrons. The van der Waals surface area contributed by atoms with E-state index in [4.69, 9.17) is 14.2 Å². The van der Waals surface area contributed by atoms with Crippen LogP contribution in [0.3, 0.4) is 0 Å². The molecule has 2 aromatic rings. The molecule has 0 saturated heterocycles. The van der Waals surface area contributed by atoms with Gasteiger partial charge in [0.15, 0.2) is 18.1 Å². The van der Waals surface area contributed by atoms with Gasteiger partial charge < -0.3 is 19.5 Å². The summed E-state index contributed by atoms with van der Waals surface area (Å²) in [6.45, 7) is 3.80. The second-order valence-corrected chi connectivity index (χ2v) is 6.08. The smallest absolute Gasteiger partial charge is 0.338 e. The van der Waals surface area contributed by atoms with Gasteiger partial charge in [0.2, 0.25) is 6.79 Å². The lowest BCUT2D eigenvalue weighted by Gasteiger charge is -2.17. The Hall–Kier alpha value is -3.02. The maximum atomic E-state index is 12.1. The zero-order valence-electron chi connectivity index (χ0n) is 14.8. The molecule has 2 aromatic carbocycles. The molecule has 26 heavy (non-hydrogen) atoms. The Bertz CT molecular complexity index is 800. The van der Waals surface area contributed by atoms with E-state index in [0.717, 1.165) is 17.5 Å². The van der Waals surface area contributed by atoms with E-state index in [9.17, 15) is 9.59 Å². The fraction of sp³-hybridized carbons (Fsp3) is 0.300. The number of fused-ring (bicyclic) bond motifs is 1. The number of hydrogen-bond donors (Lipinski definition) is 1. The minimum atomic E-state index is -0.582. The second kappa shape index (κ2) is 7.91. The van der Waals surface area contributed by atoms with Gasteiger partial charge in [0.05, 0.1) is 11.6 Å². The van der Waals surface area contributed by atoms with Crippen molar-refractivity contribution in [2.45, 2.75) is 26.3 Å². The van der Waals surface area contributed by atoms with Crippen LogP contribution in [0.4, 0.5) is 0 Å². The van der Waals surface area contributed by atoms with E-state index in [0.29, 0.717) is 17.1 Å². The van der Waals surface area contributed by atoms with Crippen LogP contribution in [0.15, 0.2) is 42.5 Å². The number of amides is 1. The number of carbonyl (C=O) groups is 2. The summed E-state index contributed by atoms with van der Waals surface area (Å²) in [5.41, 5.74) is 2.49. The van der Waals surface area contributed by atoms with Gasteiger partial charge in [-0.2, -0.15) is 0 Å². The number of aryl methyl sites for hydroxylation is 1. The number of ether oxygens (including phenoxy) is 3. The van der Waals surface area contributed by atoms with Crippen LogP contribution >= 0.6 is 0 Å². The van der Waals surface area contributed by atoms with Gasteiger partial charge in [-0.05, 0) is 37.1 Å². The molecule has 0 bridgehead atoms. The predicted molar refractivity (Wildman–Crippen MR) is 95.2 cm³/mol. The van der Waals surface area contributed by atoms with Crippen LogP contribution in [0.5, 0.6) is 11.5 Å². The SMILES string of the molecule is CC[C@@H](NC(=O)COC(=O)c1ccc2c(c1)OCO2)c1ccc(C)cc1. The number of benzene rings is 2. The summed E-state index contributed by atoms with van der Waals surface area (Å²) in [7, 11) is 0. The van der Waals surface area contributed by atoms with Crippen molar-refractivity contribution in [1.82, 2.24) is 5.32 Å². The Morgan fingerprint density at radius 1 is 1.12 bits per heavy atom. The van der Waals surface area contributed by atoms with E-state index in [1.807, 2.05) is 38.1 Å². The molecule has 1 heterocycles. The highest BCUT2D eigenvalue weighted by molar-refractivity contribution is 5.92. The molecule has 1 aliphatic rings. The predicted octanol–water partition coefficient (Wildman–Crippen LogP) is 3.15. The number of nitrogens with one attached hydrogen (secondary N) is 1. The fourth-order valence-electron chi connectivity index (χ4n) is 2.69. The molecular formula is C20H21NO5. The molecule has 1 aliphatic heterocycles. The molecule has 1 atom stereocenters. The van der Waals surface area contributed by atoms with Crippen molar-refractivity contribution in [1.29, 1.82) is 0 Å². The largest absolute Gasteiger partial charge is 0.454 e. The van der Waals surface area contributed by atoms with E-state index < -0.39 is 5.97 Å². The Labute approximate surface area is 152 Å². The summed E-state index contributed by atoms with van der Waals surface area (Å²) in [6, 6.07) is 12.6. The Morgan fingerprint density at radius 2 is 1.85 bits per heavy atom. The lowest BCUT2D eigenvalue weighted by molar-refractivity contribution is -0.125. The van der Waals surface area contributed by atoms with Gasteiger partial charge in [-0.1, -0.05) is 36.8 Å². The van der Waals surface area contributed by atoms with Crippen LogP contribution in [0.25, 0.3) is 0 Å². The van der Waals surface area contributed by atoms with Crippen LogP contribution < -0.4 is 14.8 Å². The molecular weight excluding hydrogens is 334 g/mol. The van der Waals surface area contributed by atoms with Crippen LogP contribution in [-0.4, -0.2) is 25.3 Å². The van der Waals surface area contributed by atoms with Gasteiger partial charge in [-0.3, -0.25) is 4.79 Å². The molecule has 0 aliphatic carbocycles. The topological polar surface area (TPSA) is 73.9 Å². The third kappa shape index (κ3) is 4.14. The highest BCUT2D eigenvalue weighted by Crippen LogP contribution is 2.32. The first-order chi connectivity index (χ1) is 12.6. The first kappa shape index (κ1) is 17.8. The summed E-state index contributed by atoms with van der Waals surface area (Å²) in [4.78, 5) is 24.3. The summed E-state index contributed by atoms with van der Waals surface area (Å²) >= 11 is 0. The minimum Gasteiger partial charge on any atom is -0.454 e. The summed E-state index contributed by atoms with van der Waals surface area (Å²) in [5.74, 6) is 0.158. The highest BCUT2D eigenvalue weighted by Gasteiger charge is 2.18. The lowest BCUT2D eigenvalue weighted by atomic mass is 10.0. The van der Waals surface area contributed by atoms with Crippen LogP contribution in [0.1, 0.15) is 40.9 Å². The average molecular weight is 355 g/mol. The molecule has 0 saturated carbocycles. The van der Waals surface area contributed by atoms with Gasteiger partial charge in [0, 0.05) is 0 Å². The van der Waals surface area contributed by atoms with E-state index in [1.54, 1.807) is 18.2 Å². The number of hydrogen-bond acceptors (Lipinski definition) is 5. The lowest BCUT2D eigenvalue weighted by Crippen LogP contribution is -2.32. The third-order valence-electron chi connectivity index (χ3n) is 4.17. The third-order valence-corrected chi connectivity index (χ3v) is 4.17. The molecule has 6 nitrogen and oxygen atoms in total. The zero-order chi connectivity index (χ0) is 18.5. The molecule has 0 radical (unpaired) electrons. The van der Waals surface area contributed by atoms with Crippen molar-refractivity contribution in [3.63, 3.8) is 0 Å². The van der Waals surface area contributed by atoms with Crippen molar-refractivity contribution in [3.8, 4) is 11.5 Å². The monoisotopic (exact) mass is 355 g/mol. The molecule has 0 aromatic heterocycles. The maximum Gasteiger partial charge on any atom is 0.338 e. The van der Waals surface area contributed by atoms with E-state index >= 15 is 0 Å². The van der Waals surface area contributed by atoms with E-state index in [2.05, 4.69) is 5.32 Å². The van der Waals surface area contributed by atoms with E-state index in [-0.39, 0.29) is 25.3 Å². The molecule has 0 unspecified atom stereocenters. The van der Waals surface area contributed by atoms with Crippen molar-refractivity contribution in [2.24, 2.45) is 0 Å². The normalized spacial score (nSPS) is 13.2. The Kier molecular flexibility index (Phi) is 5.41. The molecule has 1 amide bonds. The van der Waals surface area contributed by atoms with Crippen LogP contribution in [-0.2, 0) is 9.53 Å². The fourth-order valence-corrected chi connectivity index (χ4v) is 2.69. The zero-order valence-corrected chi connectivity index (χ0v) is 14.8. The first-order valence-electron chi connectivity index (χ1n) is 8.49. The summed E-state index contributed by atoms with van der Waals surface area (Å²) < 4.78 is 15.5. The van der Waals surface area contributed by atoms with Crippen molar-refractivity contribution in [2.75, 3.05) is 13.4 Å². The van der Waals surface area contributed by atoms with Gasteiger partial charge >= 0.3 is 5.97 Å². The average Bonchev–Trinajstić information content (AvgIpc) is 3.12. The molecule has 1 N–H and O–H groups in total.